The summed E-state index contributed by atoms with van der Waals surface area (Å²) in [6, 6.07) is 67.4. The zero-order chi connectivity index (χ0) is 44.4. The highest BCUT2D eigenvalue weighted by Gasteiger charge is 2.54. The first-order valence-corrected chi connectivity index (χ1v) is 23.6. The average molecular weight is 880 g/mol. The lowest BCUT2D eigenvalue weighted by Crippen LogP contribution is -2.67. The Morgan fingerprint density at radius 2 is 0.841 bits per heavy atom. The third kappa shape index (κ3) is 4.17. The fraction of sp³-hybridized carbons (Fsp3) is 0. The van der Waals surface area contributed by atoms with Crippen molar-refractivity contribution in [2.24, 2.45) is 0 Å². The summed E-state index contributed by atoms with van der Waals surface area (Å²) >= 11 is 0. The van der Waals surface area contributed by atoms with E-state index in [0.29, 0.717) is 0 Å². The van der Waals surface area contributed by atoms with Gasteiger partial charge in [0.15, 0.2) is 11.5 Å². The summed E-state index contributed by atoms with van der Waals surface area (Å²) in [6.07, 6.45) is 0. The lowest BCUT2D eigenvalue weighted by Gasteiger charge is -2.49. The number of hydrogen-bond acceptors (Lipinski definition) is 5. The minimum atomic E-state index is -0.249. The quantitative estimate of drug-likeness (QED) is 0.162. The second-order valence-corrected chi connectivity index (χ2v) is 19.0. The highest BCUT2D eigenvalue weighted by Crippen LogP contribution is 2.56. The van der Waals surface area contributed by atoms with Gasteiger partial charge < -0.3 is 32.7 Å². The average Bonchev–Trinajstić information content (AvgIpc) is 4.06. The number of benzene rings is 10. The molecule has 0 fully saturated rings. The molecule has 0 aliphatic carbocycles. The van der Waals surface area contributed by atoms with Crippen LogP contribution in [0.15, 0.2) is 192 Å². The third-order valence-electron chi connectivity index (χ3n) is 15.8. The van der Waals surface area contributed by atoms with E-state index in [1.165, 1.54) is 27.0 Å². The summed E-state index contributed by atoms with van der Waals surface area (Å²) in [5.41, 5.74) is 18.2. The number of furan rings is 1. The predicted octanol–water partition coefficient (Wildman–Crippen LogP) is 11.2. The summed E-state index contributed by atoms with van der Waals surface area (Å²) in [6.45, 7) is -0.385. The van der Waals surface area contributed by atoms with Crippen LogP contribution in [-0.4, -0.2) is 22.6 Å². The van der Waals surface area contributed by atoms with Crippen LogP contribution in [0, 0.1) is 0 Å². The molecule has 0 amide bonds. The molecule has 0 saturated carbocycles. The van der Waals surface area contributed by atoms with Crippen LogP contribution >= 0.6 is 0 Å². The Labute approximate surface area is 393 Å². The second-order valence-electron chi connectivity index (χ2n) is 19.0. The predicted molar refractivity (Wildman–Crippen MR) is 279 cm³/mol. The number of ether oxygens (including phenoxy) is 3. The maximum absolute atomic E-state index is 7.36. The van der Waals surface area contributed by atoms with E-state index in [4.69, 9.17) is 18.6 Å². The number of anilines is 3. The highest BCUT2D eigenvalue weighted by atomic mass is 16.5. The number of aromatic nitrogens is 2. The van der Waals surface area contributed by atoms with E-state index in [2.05, 4.69) is 196 Å². The van der Waals surface area contributed by atoms with Gasteiger partial charge >= 0.3 is 0 Å². The van der Waals surface area contributed by atoms with Crippen LogP contribution < -0.4 is 51.9 Å². The van der Waals surface area contributed by atoms with Crippen LogP contribution in [0.1, 0.15) is 0 Å². The number of fused-ring (bicyclic) bond motifs is 16. The molecule has 0 radical (unpaired) electrons. The van der Waals surface area contributed by atoms with Crippen molar-refractivity contribution >= 4 is 129 Å². The lowest BCUT2D eigenvalue weighted by molar-refractivity contribution is 0.464. The van der Waals surface area contributed by atoms with Gasteiger partial charge in [0.05, 0.1) is 33.4 Å². The summed E-state index contributed by atoms with van der Waals surface area (Å²) in [4.78, 5) is 2.46. The second kappa shape index (κ2) is 12.1. The Morgan fingerprint density at radius 3 is 1.45 bits per heavy atom. The molecule has 18 rings (SSSR count). The molecule has 0 unspecified atom stereocenters. The minimum absolute atomic E-state index is 0.135. The Kier molecular flexibility index (Phi) is 6.16. The van der Waals surface area contributed by atoms with Gasteiger partial charge in [-0.1, -0.05) is 115 Å². The van der Waals surface area contributed by atoms with Crippen LogP contribution in [0.2, 0.25) is 0 Å². The fourth-order valence-corrected chi connectivity index (χ4v) is 13.1. The van der Waals surface area contributed by atoms with Crippen LogP contribution in [0.4, 0.5) is 17.1 Å². The Morgan fingerprint density at radius 1 is 0.319 bits per heavy atom. The van der Waals surface area contributed by atoms with Crippen molar-refractivity contribution in [3.8, 4) is 45.9 Å². The van der Waals surface area contributed by atoms with Crippen molar-refractivity contribution in [1.29, 1.82) is 0 Å². The van der Waals surface area contributed by atoms with Crippen LogP contribution in [0.5, 0.6) is 34.5 Å². The highest BCUT2D eigenvalue weighted by molar-refractivity contribution is 7.04. The first-order valence-electron chi connectivity index (χ1n) is 23.6. The normalized spacial score (nSPS) is 14.1. The molecule has 10 aromatic carbocycles. The van der Waals surface area contributed by atoms with Gasteiger partial charge in [-0.2, -0.15) is 0 Å². The molecule has 0 bridgehead atoms. The van der Waals surface area contributed by atoms with Gasteiger partial charge in [0.1, 0.15) is 34.2 Å². The molecule has 8 heterocycles. The van der Waals surface area contributed by atoms with E-state index < -0.39 is 0 Å². The molecular weight excluding hydrogens is 848 g/mol. The number of nitrogens with zero attached hydrogens (tertiary/aromatic N) is 3. The van der Waals surface area contributed by atoms with E-state index in [1.54, 1.807) is 0 Å². The van der Waals surface area contributed by atoms with Crippen molar-refractivity contribution in [3.05, 3.63) is 188 Å². The van der Waals surface area contributed by atoms with Gasteiger partial charge in [0.25, 0.3) is 13.4 Å². The molecule has 3 aromatic heterocycles. The summed E-state index contributed by atoms with van der Waals surface area (Å²) in [7, 11) is 0. The number of para-hydroxylation sites is 6. The van der Waals surface area contributed by atoms with Crippen molar-refractivity contribution in [2.75, 3.05) is 4.90 Å². The SMILES string of the molecule is c1cc2c3c(c1)B1c4ccc(-n5c6ccccc6c6ccccc65)cc4Oc4cc5c6c(c41)N3c1c(cc3c(oc4ccccc43)c1B6c1ccc(-n3c4ccccc4c4ccccc43)cc1O5)O2. The van der Waals surface area contributed by atoms with E-state index in [1.807, 2.05) is 6.07 Å². The maximum atomic E-state index is 7.36. The minimum Gasteiger partial charge on any atom is -0.458 e. The molecule has 5 aliphatic rings. The van der Waals surface area contributed by atoms with Gasteiger partial charge in [0.2, 0.25) is 0 Å². The van der Waals surface area contributed by atoms with Crippen molar-refractivity contribution < 1.29 is 18.6 Å². The monoisotopic (exact) mass is 879 g/mol. The van der Waals surface area contributed by atoms with Crippen LogP contribution in [0.25, 0.3) is 76.9 Å². The number of rotatable bonds is 2. The van der Waals surface area contributed by atoms with Gasteiger partial charge in [-0.25, -0.2) is 0 Å². The van der Waals surface area contributed by atoms with Crippen LogP contribution in [-0.2, 0) is 0 Å². The standard InChI is InChI=1S/C60H31B2N3O4/c1-6-18-43-34(12-1)35-13-2-7-19-44(35)63(43)32-24-26-40-49(28-32)67-51-31-52-55-59-54(51)61(40)42-17-11-23-48-57(42)65(59)58-53(66-48)30-39-38-16-5-10-22-47(38)69-60(39)56(58)62(55)41-27-25-33(29-50(41)68-52)64-45-20-8-3-14-36(45)37-15-4-9-21-46(37)64/h1-31H. The van der Waals surface area contributed by atoms with E-state index in [9.17, 15) is 0 Å². The summed E-state index contributed by atoms with van der Waals surface area (Å²) < 4.78 is 33.6. The Bertz CT molecular complexity index is 4480. The molecule has 13 aromatic rings. The van der Waals surface area contributed by atoms with Crippen molar-refractivity contribution in [2.45, 2.75) is 0 Å². The molecular formula is C60H31B2N3O4. The molecule has 0 N–H and O–H groups in total. The number of hydrogen-bond donors (Lipinski definition) is 0. The Hall–Kier alpha value is -9.07. The van der Waals surface area contributed by atoms with E-state index in [0.717, 1.165) is 134 Å². The van der Waals surface area contributed by atoms with Crippen LogP contribution in [0.3, 0.4) is 0 Å². The van der Waals surface area contributed by atoms with Crippen molar-refractivity contribution in [3.63, 3.8) is 0 Å². The van der Waals surface area contributed by atoms with Gasteiger partial charge in [-0.3, -0.25) is 0 Å². The molecule has 316 valence electrons. The lowest BCUT2D eigenvalue weighted by atomic mass is 9.29. The smallest absolute Gasteiger partial charge is 0.261 e. The fourth-order valence-electron chi connectivity index (χ4n) is 13.1. The first-order chi connectivity index (χ1) is 34.2. The molecule has 0 spiro atoms. The first kappa shape index (κ1) is 35.2. The van der Waals surface area contributed by atoms with Gasteiger partial charge in [0, 0.05) is 73.0 Å². The largest absolute Gasteiger partial charge is 0.458 e. The van der Waals surface area contributed by atoms with E-state index in [-0.39, 0.29) is 13.4 Å². The zero-order valence-electron chi connectivity index (χ0n) is 36.5. The topological polar surface area (TPSA) is 53.9 Å². The van der Waals surface area contributed by atoms with E-state index >= 15 is 0 Å². The molecule has 0 atom stereocenters. The molecule has 9 heteroatoms. The summed E-state index contributed by atoms with van der Waals surface area (Å²) in [5.74, 6) is 4.81. The molecule has 69 heavy (non-hydrogen) atoms. The van der Waals surface area contributed by atoms with Crippen molar-refractivity contribution in [1.82, 2.24) is 9.13 Å². The molecule has 0 saturated heterocycles. The Balaban J connectivity index is 0.919. The van der Waals surface area contributed by atoms with Gasteiger partial charge in [-0.15, -0.1) is 0 Å². The maximum Gasteiger partial charge on any atom is 0.261 e. The van der Waals surface area contributed by atoms with Gasteiger partial charge in [-0.05, 0) is 81.9 Å². The summed E-state index contributed by atoms with van der Waals surface area (Å²) in [5, 5.41) is 6.96. The third-order valence-corrected chi connectivity index (χ3v) is 15.8. The zero-order valence-corrected chi connectivity index (χ0v) is 36.5. The molecule has 7 nitrogen and oxygen atoms in total. The molecule has 5 aliphatic heterocycles.